The second kappa shape index (κ2) is 3.38. The molecule has 1 aromatic carbocycles. The third-order valence-corrected chi connectivity index (χ3v) is 3.31. The number of thiazole rings is 1. The standard InChI is InChI=1S/C8H3Cl2NO2S/c9-3-1-4(10)6-5(2-3)11-7(14-6)8(12)13/h1-2H,(H,12,13). The number of fused-ring (bicyclic) bond motifs is 1. The maximum absolute atomic E-state index is 10.6. The molecule has 1 heterocycles. The summed E-state index contributed by atoms with van der Waals surface area (Å²) in [6, 6.07) is 3.15. The van der Waals surface area contributed by atoms with Gasteiger partial charge in [-0.15, -0.1) is 11.3 Å². The van der Waals surface area contributed by atoms with Gasteiger partial charge in [-0.1, -0.05) is 23.2 Å². The second-order valence-electron chi connectivity index (χ2n) is 2.56. The zero-order valence-corrected chi connectivity index (χ0v) is 8.95. The molecule has 0 bridgehead atoms. The fourth-order valence-corrected chi connectivity index (χ4v) is 2.44. The van der Waals surface area contributed by atoms with Crippen LogP contribution >= 0.6 is 34.5 Å². The molecule has 0 atom stereocenters. The molecule has 0 radical (unpaired) electrons. The van der Waals surface area contributed by atoms with Gasteiger partial charge in [0, 0.05) is 5.02 Å². The summed E-state index contributed by atoms with van der Waals surface area (Å²) in [5, 5.41) is 9.61. The highest BCUT2D eigenvalue weighted by molar-refractivity contribution is 7.20. The molecule has 72 valence electrons. The fourth-order valence-electron chi connectivity index (χ4n) is 1.05. The van der Waals surface area contributed by atoms with Gasteiger partial charge in [-0.25, -0.2) is 9.78 Å². The number of halogens is 2. The third-order valence-electron chi connectivity index (χ3n) is 1.59. The number of hydrogen-bond donors (Lipinski definition) is 1. The average Bonchev–Trinajstić information content (AvgIpc) is 2.47. The van der Waals surface area contributed by atoms with Crippen LogP contribution in [-0.2, 0) is 0 Å². The molecule has 1 aromatic heterocycles. The Morgan fingerprint density at radius 2 is 2.14 bits per heavy atom. The molecular weight excluding hydrogens is 245 g/mol. The van der Waals surface area contributed by atoms with E-state index in [2.05, 4.69) is 4.98 Å². The van der Waals surface area contributed by atoms with Crippen LogP contribution in [0.15, 0.2) is 12.1 Å². The Morgan fingerprint density at radius 3 is 2.79 bits per heavy atom. The molecule has 14 heavy (non-hydrogen) atoms. The van der Waals surface area contributed by atoms with Crippen molar-refractivity contribution in [3.8, 4) is 0 Å². The Kier molecular flexibility index (Phi) is 2.34. The zero-order valence-electron chi connectivity index (χ0n) is 6.62. The van der Waals surface area contributed by atoms with Crippen molar-refractivity contribution in [3.05, 3.63) is 27.2 Å². The largest absolute Gasteiger partial charge is 0.476 e. The second-order valence-corrected chi connectivity index (χ2v) is 4.40. The highest BCUT2D eigenvalue weighted by Gasteiger charge is 2.12. The highest BCUT2D eigenvalue weighted by Crippen LogP contribution is 2.32. The Bertz CT molecular complexity index is 523. The van der Waals surface area contributed by atoms with E-state index in [4.69, 9.17) is 28.3 Å². The summed E-state index contributed by atoms with van der Waals surface area (Å²) in [5.74, 6) is -1.06. The molecule has 0 amide bonds. The molecule has 0 saturated heterocycles. The van der Waals surface area contributed by atoms with E-state index in [9.17, 15) is 4.79 Å². The van der Waals surface area contributed by atoms with Crippen molar-refractivity contribution in [2.24, 2.45) is 0 Å². The van der Waals surface area contributed by atoms with Gasteiger partial charge in [-0.05, 0) is 12.1 Å². The molecule has 0 aliphatic heterocycles. The van der Waals surface area contributed by atoms with E-state index in [0.717, 1.165) is 11.3 Å². The normalized spacial score (nSPS) is 10.7. The van der Waals surface area contributed by atoms with Crippen LogP contribution in [0.5, 0.6) is 0 Å². The van der Waals surface area contributed by atoms with Crippen LogP contribution in [0.3, 0.4) is 0 Å². The van der Waals surface area contributed by atoms with Gasteiger partial charge in [0.1, 0.15) is 0 Å². The van der Waals surface area contributed by atoms with Gasteiger partial charge in [0.05, 0.1) is 15.2 Å². The van der Waals surface area contributed by atoms with Crippen molar-refractivity contribution in [1.29, 1.82) is 0 Å². The fraction of sp³-hybridized carbons (Fsp3) is 0. The number of carboxylic acids is 1. The molecule has 0 fully saturated rings. The molecule has 3 nitrogen and oxygen atoms in total. The van der Waals surface area contributed by atoms with Gasteiger partial charge < -0.3 is 5.11 Å². The molecule has 1 N–H and O–H groups in total. The Labute approximate surface area is 92.9 Å². The maximum Gasteiger partial charge on any atom is 0.365 e. The zero-order chi connectivity index (χ0) is 10.3. The summed E-state index contributed by atoms with van der Waals surface area (Å²) in [6.45, 7) is 0. The summed E-state index contributed by atoms with van der Waals surface area (Å²) in [6.07, 6.45) is 0. The Hall–Kier alpha value is -0.840. The third kappa shape index (κ3) is 1.56. The van der Waals surface area contributed by atoms with E-state index in [1.165, 1.54) is 0 Å². The first-order valence-electron chi connectivity index (χ1n) is 3.57. The maximum atomic E-state index is 10.6. The van der Waals surface area contributed by atoms with Crippen molar-refractivity contribution in [2.75, 3.05) is 0 Å². The monoisotopic (exact) mass is 247 g/mol. The van der Waals surface area contributed by atoms with Crippen LogP contribution in [0.2, 0.25) is 10.0 Å². The predicted molar refractivity (Wildman–Crippen MR) is 56.6 cm³/mol. The van der Waals surface area contributed by atoms with Crippen LogP contribution in [-0.4, -0.2) is 16.1 Å². The van der Waals surface area contributed by atoms with Gasteiger partial charge in [0.2, 0.25) is 5.01 Å². The lowest BCUT2D eigenvalue weighted by molar-refractivity contribution is 0.0696. The van der Waals surface area contributed by atoms with Crippen molar-refractivity contribution in [2.45, 2.75) is 0 Å². The van der Waals surface area contributed by atoms with Gasteiger partial charge >= 0.3 is 5.97 Å². The minimum Gasteiger partial charge on any atom is -0.476 e. The van der Waals surface area contributed by atoms with Crippen LogP contribution in [0.4, 0.5) is 0 Å². The average molecular weight is 248 g/mol. The highest BCUT2D eigenvalue weighted by atomic mass is 35.5. The quantitative estimate of drug-likeness (QED) is 0.842. The van der Waals surface area contributed by atoms with E-state index < -0.39 is 5.97 Å². The molecule has 0 unspecified atom stereocenters. The number of nitrogens with zero attached hydrogens (tertiary/aromatic N) is 1. The number of aromatic carboxylic acids is 1. The van der Waals surface area contributed by atoms with Gasteiger partial charge in [0.25, 0.3) is 0 Å². The number of rotatable bonds is 1. The number of hydrogen-bond acceptors (Lipinski definition) is 3. The molecule has 2 aromatic rings. The summed E-state index contributed by atoms with van der Waals surface area (Å²) in [4.78, 5) is 14.5. The van der Waals surface area contributed by atoms with E-state index in [-0.39, 0.29) is 5.01 Å². The minimum absolute atomic E-state index is 0.0177. The lowest BCUT2D eigenvalue weighted by Crippen LogP contribution is -1.93. The summed E-state index contributed by atoms with van der Waals surface area (Å²) in [5.41, 5.74) is 0.518. The van der Waals surface area contributed by atoms with E-state index in [0.29, 0.717) is 20.3 Å². The molecule has 2 rings (SSSR count). The van der Waals surface area contributed by atoms with Crippen LogP contribution in [0, 0.1) is 0 Å². The molecule has 0 aliphatic carbocycles. The smallest absolute Gasteiger partial charge is 0.365 e. The molecule has 0 saturated carbocycles. The SMILES string of the molecule is O=C(O)c1nc2cc(Cl)cc(Cl)c2s1. The first-order chi connectivity index (χ1) is 6.58. The first kappa shape index (κ1) is 9.71. The van der Waals surface area contributed by atoms with Crippen molar-refractivity contribution in [3.63, 3.8) is 0 Å². The number of carbonyl (C=O) groups is 1. The van der Waals surface area contributed by atoms with Crippen molar-refractivity contribution < 1.29 is 9.90 Å². The van der Waals surface area contributed by atoms with Crippen molar-refractivity contribution in [1.82, 2.24) is 4.98 Å². The lowest BCUT2D eigenvalue weighted by Gasteiger charge is -1.92. The molecular formula is C8H3Cl2NO2S. The molecule has 0 aliphatic rings. The minimum atomic E-state index is -1.06. The van der Waals surface area contributed by atoms with E-state index in [1.54, 1.807) is 12.1 Å². The number of aromatic nitrogens is 1. The van der Waals surface area contributed by atoms with E-state index >= 15 is 0 Å². The summed E-state index contributed by atoms with van der Waals surface area (Å²) in [7, 11) is 0. The summed E-state index contributed by atoms with van der Waals surface area (Å²) < 4.78 is 0.647. The van der Waals surface area contributed by atoms with Crippen LogP contribution in [0.25, 0.3) is 10.2 Å². The van der Waals surface area contributed by atoms with Gasteiger partial charge in [-0.3, -0.25) is 0 Å². The molecule has 6 heteroatoms. The summed E-state index contributed by atoms with van der Waals surface area (Å²) >= 11 is 12.7. The first-order valence-corrected chi connectivity index (χ1v) is 5.14. The van der Waals surface area contributed by atoms with Crippen molar-refractivity contribution >= 4 is 50.7 Å². The van der Waals surface area contributed by atoms with Gasteiger partial charge in [0.15, 0.2) is 0 Å². The topological polar surface area (TPSA) is 50.2 Å². The predicted octanol–water partition coefficient (Wildman–Crippen LogP) is 3.30. The lowest BCUT2D eigenvalue weighted by atomic mass is 10.3. The Morgan fingerprint density at radius 1 is 1.43 bits per heavy atom. The number of benzene rings is 1. The molecule has 0 spiro atoms. The van der Waals surface area contributed by atoms with Crippen LogP contribution in [0.1, 0.15) is 9.80 Å². The van der Waals surface area contributed by atoms with E-state index in [1.807, 2.05) is 0 Å². The van der Waals surface area contributed by atoms with Crippen LogP contribution < -0.4 is 0 Å². The number of carboxylic acid groups (broad SMARTS) is 1. The van der Waals surface area contributed by atoms with Gasteiger partial charge in [-0.2, -0.15) is 0 Å². The Balaban J connectivity index is 2.76.